The van der Waals surface area contributed by atoms with E-state index in [9.17, 15) is 14.4 Å². The Morgan fingerprint density at radius 3 is 2.52 bits per heavy atom. The summed E-state index contributed by atoms with van der Waals surface area (Å²) in [5.74, 6) is -0.723. The quantitative estimate of drug-likeness (QED) is 0.256. The van der Waals surface area contributed by atoms with Gasteiger partial charge >= 0.3 is 5.97 Å². The first kappa shape index (κ1) is 22.5. The van der Waals surface area contributed by atoms with Gasteiger partial charge in [0.25, 0.3) is 5.56 Å². The van der Waals surface area contributed by atoms with Crippen LogP contribution >= 0.6 is 11.8 Å². The third-order valence-electron chi connectivity index (χ3n) is 5.34. The second kappa shape index (κ2) is 9.87. The zero-order valence-electron chi connectivity index (χ0n) is 18.3. The van der Waals surface area contributed by atoms with Crippen LogP contribution in [0, 0.1) is 0 Å². The standard InChI is InChI=1S/C25H23N3O4S/c1-16(18-12-7-9-17-8-3-4-10-19(17)18)26-22(29)15-33-25-27-21-13-6-5-11-20(21)24(31)28(25)14-23(30)32-2/h3-13,16H,14-15H2,1-2H3,(H,26,29). The summed E-state index contributed by atoms with van der Waals surface area (Å²) in [6.07, 6.45) is 0. The molecule has 3 aromatic carbocycles. The van der Waals surface area contributed by atoms with Gasteiger partial charge in [0.15, 0.2) is 5.16 Å². The molecular weight excluding hydrogens is 438 g/mol. The molecule has 1 unspecified atom stereocenters. The van der Waals surface area contributed by atoms with E-state index in [1.165, 1.54) is 11.7 Å². The van der Waals surface area contributed by atoms with Crippen molar-refractivity contribution in [2.45, 2.75) is 24.7 Å². The molecule has 1 atom stereocenters. The number of hydrogen-bond donors (Lipinski definition) is 1. The molecule has 33 heavy (non-hydrogen) atoms. The molecule has 0 saturated carbocycles. The third kappa shape index (κ3) is 4.90. The molecule has 1 N–H and O–H groups in total. The molecule has 0 bridgehead atoms. The number of hydrogen-bond acceptors (Lipinski definition) is 6. The van der Waals surface area contributed by atoms with Crippen molar-refractivity contribution in [1.82, 2.24) is 14.9 Å². The van der Waals surface area contributed by atoms with Crippen molar-refractivity contribution in [3.8, 4) is 0 Å². The molecule has 0 aliphatic carbocycles. The maximum atomic E-state index is 12.9. The van der Waals surface area contributed by atoms with Crippen molar-refractivity contribution in [2.24, 2.45) is 0 Å². The molecule has 4 aromatic rings. The monoisotopic (exact) mass is 461 g/mol. The first-order chi connectivity index (χ1) is 16.0. The van der Waals surface area contributed by atoms with E-state index in [0.29, 0.717) is 10.9 Å². The minimum Gasteiger partial charge on any atom is -0.468 e. The fourth-order valence-corrected chi connectivity index (χ4v) is 4.52. The van der Waals surface area contributed by atoms with Crippen LogP contribution < -0.4 is 10.9 Å². The molecule has 0 aliphatic rings. The Morgan fingerprint density at radius 1 is 1.03 bits per heavy atom. The lowest BCUT2D eigenvalue weighted by Crippen LogP contribution is -2.30. The lowest BCUT2D eigenvalue weighted by Gasteiger charge is -2.17. The maximum absolute atomic E-state index is 12.9. The molecule has 8 heteroatoms. The number of ether oxygens (including phenoxy) is 1. The van der Waals surface area contributed by atoms with Crippen LogP contribution in [0.1, 0.15) is 18.5 Å². The van der Waals surface area contributed by atoms with E-state index in [2.05, 4.69) is 10.3 Å². The predicted octanol–water partition coefficient (Wildman–Crippen LogP) is 3.69. The molecule has 1 amide bonds. The van der Waals surface area contributed by atoms with Gasteiger partial charge in [0.05, 0.1) is 29.8 Å². The topological polar surface area (TPSA) is 90.3 Å². The first-order valence-corrected chi connectivity index (χ1v) is 11.4. The van der Waals surface area contributed by atoms with E-state index in [1.54, 1.807) is 24.3 Å². The number of aromatic nitrogens is 2. The Balaban J connectivity index is 1.54. The molecule has 168 valence electrons. The number of methoxy groups -OCH3 is 1. The second-order valence-electron chi connectivity index (χ2n) is 7.53. The van der Waals surface area contributed by atoms with Gasteiger partial charge in [-0.2, -0.15) is 0 Å². The Hall–Kier alpha value is -3.65. The van der Waals surface area contributed by atoms with Gasteiger partial charge in [0.1, 0.15) is 6.54 Å². The number of nitrogens with one attached hydrogen (secondary N) is 1. The summed E-state index contributed by atoms with van der Waals surface area (Å²) in [5.41, 5.74) is 1.19. The fraction of sp³-hybridized carbons (Fsp3) is 0.200. The van der Waals surface area contributed by atoms with Crippen LogP contribution in [0.15, 0.2) is 76.7 Å². The Morgan fingerprint density at radius 2 is 1.73 bits per heavy atom. The molecule has 4 rings (SSSR count). The minimum absolute atomic E-state index is 0.0427. The summed E-state index contributed by atoms with van der Waals surface area (Å²) >= 11 is 1.11. The Bertz CT molecular complexity index is 1390. The van der Waals surface area contributed by atoms with Crippen LogP contribution in [0.5, 0.6) is 0 Å². The molecule has 0 aliphatic heterocycles. The van der Waals surface area contributed by atoms with E-state index < -0.39 is 5.97 Å². The molecule has 7 nitrogen and oxygen atoms in total. The van der Waals surface area contributed by atoms with Crippen LogP contribution in [-0.4, -0.2) is 34.3 Å². The number of carbonyl (C=O) groups excluding carboxylic acids is 2. The average molecular weight is 462 g/mol. The predicted molar refractivity (Wildman–Crippen MR) is 129 cm³/mol. The third-order valence-corrected chi connectivity index (χ3v) is 6.32. The van der Waals surface area contributed by atoms with Gasteiger partial charge in [-0.25, -0.2) is 4.98 Å². The van der Waals surface area contributed by atoms with Gasteiger partial charge in [-0.3, -0.25) is 19.0 Å². The average Bonchev–Trinajstić information content (AvgIpc) is 2.84. The summed E-state index contributed by atoms with van der Waals surface area (Å²) in [4.78, 5) is 42.1. The van der Waals surface area contributed by atoms with Gasteiger partial charge in [0.2, 0.25) is 5.91 Å². The number of amides is 1. The number of thioether (sulfide) groups is 1. The summed E-state index contributed by atoms with van der Waals surface area (Å²) in [6.45, 7) is 1.66. The van der Waals surface area contributed by atoms with Crippen LogP contribution in [0.4, 0.5) is 0 Å². The molecule has 1 heterocycles. The number of fused-ring (bicyclic) bond motifs is 2. The minimum atomic E-state index is -0.565. The lowest BCUT2D eigenvalue weighted by atomic mass is 10.00. The number of para-hydroxylation sites is 1. The van der Waals surface area contributed by atoms with Gasteiger partial charge in [-0.05, 0) is 35.4 Å². The highest BCUT2D eigenvalue weighted by atomic mass is 32.2. The van der Waals surface area contributed by atoms with E-state index in [0.717, 1.165) is 28.1 Å². The van der Waals surface area contributed by atoms with Crippen LogP contribution in [-0.2, 0) is 20.9 Å². The molecule has 1 aromatic heterocycles. The summed E-state index contributed by atoms with van der Waals surface area (Å²) in [7, 11) is 1.26. The van der Waals surface area contributed by atoms with E-state index in [4.69, 9.17) is 4.74 Å². The number of esters is 1. The van der Waals surface area contributed by atoms with Crippen molar-refractivity contribution >= 4 is 45.3 Å². The number of rotatable bonds is 7. The molecule has 0 fully saturated rings. The van der Waals surface area contributed by atoms with E-state index >= 15 is 0 Å². The number of carbonyl (C=O) groups is 2. The van der Waals surface area contributed by atoms with Gasteiger partial charge in [-0.15, -0.1) is 0 Å². The zero-order valence-corrected chi connectivity index (χ0v) is 19.1. The van der Waals surface area contributed by atoms with Crippen molar-refractivity contribution in [3.05, 3.63) is 82.6 Å². The summed E-state index contributed by atoms with van der Waals surface area (Å²) in [5, 5.41) is 5.90. The van der Waals surface area contributed by atoms with Crippen LogP contribution in [0.3, 0.4) is 0 Å². The Kier molecular flexibility index (Phi) is 6.74. The molecular formula is C25H23N3O4S. The van der Waals surface area contributed by atoms with Gasteiger partial charge < -0.3 is 10.1 Å². The molecule has 0 saturated heterocycles. The normalized spacial score (nSPS) is 11.9. The van der Waals surface area contributed by atoms with E-state index in [-0.39, 0.29) is 35.0 Å². The van der Waals surface area contributed by atoms with Crippen molar-refractivity contribution in [2.75, 3.05) is 12.9 Å². The first-order valence-electron chi connectivity index (χ1n) is 10.4. The number of benzene rings is 3. The zero-order chi connectivity index (χ0) is 23.4. The fourth-order valence-electron chi connectivity index (χ4n) is 3.71. The summed E-state index contributed by atoms with van der Waals surface area (Å²) in [6, 6.07) is 20.7. The van der Waals surface area contributed by atoms with Crippen LogP contribution in [0.2, 0.25) is 0 Å². The molecule has 0 radical (unpaired) electrons. The van der Waals surface area contributed by atoms with E-state index in [1.807, 2.05) is 49.4 Å². The van der Waals surface area contributed by atoms with Crippen molar-refractivity contribution < 1.29 is 14.3 Å². The van der Waals surface area contributed by atoms with Gasteiger partial charge in [0, 0.05) is 0 Å². The van der Waals surface area contributed by atoms with Crippen molar-refractivity contribution in [1.29, 1.82) is 0 Å². The maximum Gasteiger partial charge on any atom is 0.325 e. The van der Waals surface area contributed by atoms with Gasteiger partial charge in [-0.1, -0.05) is 66.4 Å². The SMILES string of the molecule is COC(=O)Cn1c(SCC(=O)NC(C)c2cccc3ccccc23)nc2ccccc2c1=O. The van der Waals surface area contributed by atoms with Crippen LogP contribution in [0.25, 0.3) is 21.7 Å². The molecule has 0 spiro atoms. The second-order valence-corrected chi connectivity index (χ2v) is 8.47. The smallest absolute Gasteiger partial charge is 0.325 e. The summed E-state index contributed by atoms with van der Waals surface area (Å²) < 4.78 is 5.97. The number of nitrogens with zero attached hydrogens (tertiary/aromatic N) is 2. The largest absolute Gasteiger partial charge is 0.468 e. The lowest BCUT2D eigenvalue weighted by molar-refractivity contribution is -0.141. The Labute approximate surface area is 194 Å². The highest BCUT2D eigenvalue weighted by Gasteiger charge is 2.17. The van der Waals surface area contributed by atoms with Crippen molar-refractivity contribution in [3.63, 3.8) is 0 Å². The highest BCUT2D eigenvalue weighted by Crippen LogP contribution is 2.24. The highest BCUT2D eigenvalue weighted by molar-refractivity contribution is 7.99.